The second-order valence-electron chi connectivity index (χ2n) is 5.78. The van der Waals surface area contributed by atoms with E-state index in [1.165, 1.54) is 13.8 Å². The number of aliphatic hydroxyl groups excluding tert-OH is 1. The zero-order valence-electron chi connectivity index (χ0n) is 11.8. The average molecular weight is 288 g/mol. The van der Waals surface area contributed by atoms with E-state index in [4.69, 9.17) is 8.83 Å². The molecule has 21 heavy (non-hydrogen) atoms. The van der Waals surface area contributed by atoms with Crippen molar-refractivity contribution in [2.75, 3.05) is 0 Å². The third-order valence-corrected chi connectivity index (χ3v) is 3.61. The van der Waals surface area contributed by atoms with Crippen molar-refractivity contribution < 1.29 is 19.0 Å². The summed E-state index contributed by atoms with van der Waals surface area (Å²) in [4.78, 5) is 12.0. The molecule has 0 aliphatic rings. The molecule has 1 aromatic carbocycles. The first-order valence-corrected chi connectivity index (χ1v) is 6.69. The summed E-state index contributed by atoms with van der Waals surface area (Å²) < 4.78 is 10.5. The van der Waals surface area contributed by atoms with Crippen LogP contribution in [-0.2, 0) is 6.42 Å². The Bertz CT molecular complexity index is 850. The molecule has 1 atom stereocenters. The van der Waals surface area contributed by atoms with Crippen LogP contribution in [0.4, 0.5) is 0 Å². The quantitative estimate of drug-likeness (QED) is 0.722. The van der Waals surface area contributed by atoms with Crippen molar-refractivity contribution in [2.45, 2.75) is 32.0 Å². The SMILES string of the molecule is CC(C)(O)C(O)Cc1cc2cc3ccoc3cc2oc1=O. The van der Waals surface area contributed by atoms with Crippen LogP contribution >= 0.6 is 0 Å². The van der Waals surface area contributed by atoms with E-state index in [0.717, 1.165) is 10.8 Å². The van der Waals surface area contributed by atoms with Gasteiger partial charge in [0.25, 0.3) is 0 Å². The van der Waals surface area contributed by atoms with E-state index in [0.29, 0.717) is 16.7 Å². The van der Waals surface area contributed by atoms with Crippen molar-refractivity contribution in [3.8, 4) is 0 Å². The molecule has 0 spiro atoms. The summed E-state index contributed by atoms with van der Waals surface area (Å²) in [6, 6.07) is 7.03. The molecule has 2 aromatic heterocycles. The number of aliphatic hydroxyl groups is 2. The smallest absolute Gasteiger partial charge is 0.339 e. The Kier molecular flexibility index (Phi) is 3.11. The molecule has 5 nitrogen and oxygen atoms in total. The lowest BCUT2D eigenvalue weighted by molar-refractivity contribution is -0.0472. The van der Waals surface area contributed by atoms with Gasteiger partial charge in [-0.05, 0) is 32.0 Å². The van der Waals surface area contributed by atoms with Gasteiger partial charge in [0, 0.05) is 28.8 Å². The van der Waals surface area contributed by atoms with Crippen LogP contribution in [0.1, 0.15) is 19.4 Å². The van der Waals surface area contributed by atoms with Crippen molar-refractivity contribution in [2.24, 2.45) is 0 Å². The highest BCUT2D eigenvalue weighted by Gasteiger charge is 2.26. The van der Waals surface area contributed by atoms with Crippen molar-refractivity contribution in [1.29, 1.82) is 0 Å². The molecule has 3 aromatic rings. The number of rotatable bonds is 3. The fourth-order valence-electron chi connectivity index (χ4n) is 2.22. The lowest BCUT2D eigenvalue weighted by Crippen LogP contribution is -2.38. The van der Waals surface area contributed by atoms with Crippen LogP contribution in [0.15, 0.2) is 44.2 Å². The van der Waals surface area contributed by atoms with Crippen molar-refractivity contribution in [3.63, 3.8) is 0 Å². The van der Waals surface area contributed by atoms with E-state index >= 15 is 0 Å². The first-order valence-electron chi connectivity index (χ1n) is 6.69. The maximum atomic E-state index is 12.0. The van der Waals surface area contributed by atoms with Gasteiger partial charge in [0.15, 0.2) is 0 Å². The fourth-order valence-corrected chi connectivity index (χ4v) is 2.22. The molecule has 0 fully saturated rings. The summed E-state index contributed by atoms with van der Waals surface area (Å²) in [7, 11) is 0. The molecule has 0 amide bonds. The van der Waals surface area contributed by atoms with Gasteiger partial charge in [-0.25, -0.2) is 4.79 Å². The molecule has 110 valence electrons. The number of hydrogen-bond donors (Lipinski definition) is 2. The Labute approximate surface area is 120 Å². The molecular weight excluding hydrogens is 272 g/mol. The second-order valence-corrected chi connectivity index (χ2v) is 5.78. The van der Waals surface area contributed by atoms with Gasteiger partial charge in [-0.1, -0.05) is 0 Å². The number of benzene rings is 1. The van der Waals surface area contributed by atoms with E-state index in [-0.39, 0.29) is 6.42 Å². The average Bonchev–Trinajstić information content (AvgIpc) is 2.83. The summed E-state index contributed by atoms with van der Waals surface area (Å²) in [6.07, 6.45) is 0.557. The third kappa shape index (κ3) is 2.57. The predicted molar refractivity (Wildman–Crippen MR) is 78.3 cm³/mol. The topological polar surface area (TPSA) is 83.8 Å². The Balaban J connectivity index is 2.09. The van der Waals surface area contributed by atoms with Crippen LogP contribution in [0.2, 0.25) is 0 Å². The Morgan fingerprint density at radius 1 is 1.19 bits per heavy atom. The monoisotopic (exact) mass is 288 g/mol. The van der Waals surface area contributed by atoms with Crippen molar-refractivity contribution >= 4 is 21.9 Å². The van der Waals surface area contributed by atoms with E-state index in [9.17, 15) is 15.0 Å². The minimum atomic E-state index is -1.28. The number of fused-ring (bicyclic) bond motifs is 2. The summed E-state index contributed by atoms with van der Waals surface area (Å²) in [5, 5.41) is 21.4. The van der Waals surface area contributed by atoms with Gasteiger partial charge in [0.2, 0.25) is 0 Å². The maximum Gasteiger partial charge on any atom is 0.339 e. The molecule has 3 rings (SSSR count). The number of furan rings is 1. The molecule has 2 heterocycles. The van der Waals surface area contributed by atoms with Gasteiger partial charge in [-0.2, -0.15) is 0 Å². The van der Waals surface area contributed by atoms with Gasteiger partial charge in [-0.15, -0.1) is 0 Å². The van der Waals surface area contributed by atoms with Gasteiger partial charge in [0.05, 0.1) is 18.0 Å². The highest BCUT2D eigenvalue weighted by molar-refractivity contribution is 5.93. The van der Waals surface area contributed by atoms with Gasteiger partial charge in [-0.3, -0.25) is 0 Å². The lowest BCUT2D eigenvalue weighted by atomic mass is 9.95. The van der Waals surface area contributed by atoms with E-state index in [1.807, 2.05) is 12.1 Å². The first kappa shape index (κ1) is 13.9. The van der Waals surface area contributed by atoms with E-state index < -0.39 is 17.3 Å². The maximum absolute atomic E-state index is 12.0. The lowest BCUT2D eigenvalue weighted by Gasteiger charge is -2.24. The molecule has 5 heteroatoms. The van der Waals surface area contributed by atoms with Crippen LogP contribution in [0, 0.1) is 0 Å². The standard InChI is InChI=1S/C16H16O5/c1-16(2,19)14(17)7-11-6-10-5-9-3-4-20-12(9)8-13(10)21-15(11)18/h3-6,8,14,17,19H,7H2,1-2H3. The Hall–Kier alpha value is -2.11. The van der Waals surface area contributed by atoms with Crippen LogP contribution < -0.4 is 5.63 Å². The van der Waals surface area contributed by atoms with Gasteiger partial charge >= 0.3 is 5.63 Å². The van der Waals surface area contributed by atoms with Gasteiger partial charge < -0.3 is 19.0 Å². The Morgan fingerprint density at radius 3 is 2.67 bits per heavy atom. The summed E-state index contributed by atoms with van der Waals surface area (Å²) in [6.45, 7) is 2.99. The molecule has 0 aliphatic carbocycles. The van der Waals surface area contributed by atoms with E-state index in [1.54, 1.807) is 18.4 Å². The summed E-state index contributed by atoms with van der Waals surface area (Å²) >= 11 is 0. The zero-order valence-corrected chi connectivity index (χ0v) is 11.8. The fraction of sp³-hybridized carbons (Fsp3) is 0.312. The molecule has 0 radical (unpaired) electrons. The predicted octanol–water partition coefficient (Wildman–Crippen LogP) is 2.21. The molecular formula is C16H16O5. The van der Waals surface area contributed by atoms with Crippen molar-refractivity contribution in [3.05, 3.63) is 46.5 Å². The molecule has 2 N–H and O–H groups in total. The molecule has 0 saturated heterocycles. The first-order chi connectivity index (χ1) is 9.84. The Morgan fingerprint density at radius 2 is 1.95 bits per heavy atom. The molecule has 0 aliphatic heterocycles. The zero-order chi connectivity index (χ0) is 15.2. The van der Waals surface area contributed by atoms with Crippen LogP contribution in [0.3, 0.4) is 0 Å². The summed E-state index contributed by atoms with van der Waals surface area (Å²) in [5.74, 6) is 0. The minimum Gasteiger partial charge on any atom is -0.464 e. The molecule has 0 bridgehead atoms. The number of hydrogen-bond acceptors (Lipinski definition) is 5. The molecule has 1 unspecified atom stereocenters. The van der Waals surface area contributed by atoms with Crippen LogP contribution in [0.25, 0.3) is 21.9 Å². The molecule has 0 saturated carbocycles. The normalized spacial score (nSPS) is 13.9. The second kappa shape index (κ2) is 4.72. The third-order valence-electron chi connectivity index (χ3n) is 3.61. The minimum absolute atomic E-state index is 0.0329. The van der Waals surface area contributed by atoms with Crippen molar-refractivity contribution in [1.82, 2.24) is 0 Å². The summed E-state index contributed by atoms with van der Waals surface area (Å²) in [5.41, 5.74) is -0.383. The highest BCUT2D eigenvalue weighted by atomic mass is 16.4. The van der Waals surface area contributed by atoms with Crippen LogP contribution in [-0.4, -0.2) is 21.9 Å². The highest BCUT2D eigenvalue weighted by Crippen LogP contribution is 2.24. The largest absolute Gasteiger partial charge is 0.464 e. The van der Waals surface area contributed by atoms with Gasteiger partial charge in [0.1, 0.15) is 11.2 Å². The van der Waals surface area contributed by atoms with E-state index in [2.05, 4.69) is 0 Å². The van der Waals surface area contributed by atoms with Crippen LogP contribution in [0.5, 0.6) is 0 Å².